The summed E-state index contributed by atoms with van der Waals surface area (Å²) in [6.45, 7) is 6.74. The van der Waals surface area contributed by atoms with E-state index in [2.05, 4.69) is 5.32 Å². The van der Waals surface area contributed by atoms with Gasteiger partial charge in [0, 0.05) is 30.6 Å². The minimum absolute atomic E-state index is 0.00177. The summed E-state index contributed by atoms with van der Waals surface area (Å²) < 4.78 is 26.7. The van der Waals surface area contributed by atoms with Gasteiger partial charge in [-0.15, -0.1) is 0 Å². The van der Waals surface area contributed by atoms with Gasteiger partial charge >= 0.3 is 0 Å². The van der Waals surface area contributed by atoms with Crippen molar-refractivity contribution >= 4 is 11.8 Å². The van der Waals surface area contributed by atoms with Gasteiger partial charge in [0.05, 0.1) is 5.56 Å². The number of halogens is 2. The molecule has 132 valence electrons. The number of piperidine rings is 1. The van der Waals surface area contributed by atoms with Crippen LogP contribution in [-0.4, -0.2) is 35.3 Å². The number of nitrogens with one attached hydrogen (secondary N) is 1. The molecular formula is C18H24F2N2O2. The first-order chi connectivity index (χ1) is 11.2. The molecule has 0 radical (unpaired) electrons. The second kappa shape index (κ2) is 7.28. The van der Waals surface area contributed by atoms with Crippen molar-refractivity contribution in [3.8, 4) is 0 Å². The zero-order valence-electron chi connectivity index (χ0n) is 14.4. The highest BCUT2D eigenvalue weighted by Gasteiger charge is 2.30. The molecule has 0 spiro atoms. The van der Waals surface area contributed by atoms with Crippen LogP contribution in [0.2, 0.25) is 0 Å². The maximum atomic E-state index is 13.7. The summed E-state index contributed by atoms with van der Waals surface area (Å²) >= 11 is 0. The number of benzene rings is 1. The summed E-state index contributed by atoms with van der Waals surface area (Å²) in [6, 6.07) is 2.94. The first-order valence-electron chi connectivity index (χ1n) is 8.30. The maximum Gasteiger partial charge on any atom is 0.256 e. The van der Waals surface area contributed by atoms with E-state index < -0.39 is 17.5 Å². The molecule has 2 rings (SSSR count). The lowest BCUT2D eigenvalue weighted by Gasteiger charge is -2.33. The highest BCUT2D eigenvalue weighted by Crippen LogP contribution is 2.22. The van der Waals surface area contributed by atoms with Crippen LogP contribution in [-0.2, 0) is 4.79 Å². The fraction of sp³-hybridized carbons (Fsp3) is 0.556. The van der Waals surface area contributed by atoms with Gasteiger partial charge in [0.15, 0.2) is 0 Å². The standard InChI is InChI=1S/C18H24F2N2O2/c1-4-18(2,3)21-16(23)12-7-9-22(10-8-12)17(24)14-6-5-13(19)11-15(14)20/h5-6,11-12H,4,7-10H2,1-3H3,(H,21,23). The van der Waals surface area contributed by atoms with Crippen LogP contribution in [0, 0.1) is 17.6 Å². The van der Waals surface area contributed by atoms with Gasteiger partial charge in [-0.3, -0.25) is 9.59 Å². The molecule has 0 unspecified atom stereocenters. The topological polar surface area (TPSA) is 49.4 Å². The van der Waals surface area contributed by atoms with Gasteiger partial charge in [-0.05, 0) is 45.2 Å². The number of rotatable bonds is 4. The fourth-order valence-corrected chi connectivity index (χ4v) is 2.70. The molecule has 0 aliphatic carbocycles. The Hall–Kier alpha value is -1.98. The molecule has 0 bridgehead atoms. The number of hydrogen-bond donors (Lipinski definition) is 1. The zero-order chi connectivity index (χ0) is 17.9. The molecule has 1 aromatic carbocycles. The van der Waals surface area contributed by atoms with Crippen LogP contribution in [0.15, 0.2) is 18.2 Å². The van der Waals surface area contributed by atoms with Crippen molar-refractivity contribution in [2.45, 2.75) is 45.6 Å². The van der Waals surface area contributed by atoms with Crippen LogP contribution in [0.5, 0.6) is 0 Å². The molecule has 1 fully saturated rings. The second-order valence-corrected chi connectivity index (χ2v) is 6.92. The first-order valence-corrected chi connectivity index (χ1v) is 8.30. The second-order valence-electron chi connectivity index (χ2n) is 6.92. The molecule has 4 nitrogen and oxygen atoms in total. The van der Waals surface area contributed by atoms with E-state index in [0.717, 1.165) is 18.6 Å². The van der Waals surface area contributed by atoms with Crippen LogP contribution in [0.1, 0.15) is 50.4 Å². The highest BCUT2D eigenvalue weighted by atomic mass is 19.1. The molecule has 1 N–H and O–H groups in total. The largest absolute Gasteiger partial charge is 0.351 e. The number of likely N-dealkylation sites (tertiary alicyclic amines) is 1. The predicted octanol–water partition coefficient (Wildman–Crippen LogP) is 3.12. The van der Waals surface area contributed by atoms with Crippen molar-refractivity contribution in [3.63, 3.8) is 0 Å². The highest BCUT2D eigenvalue weighted by molar-refractivity contribution is 5.94. The summed E-state index contributed by atoms with van der Waals surface area (Å²) in [7, 11) is 0. The Bertz CT molecular complexity index is 623. The summed E-state index contributed by atoms with van der Waals surface area (Å²) in [4.78, 5) is 26.2. The zero-order valence-corrected chi connectivity index (χ0v) is 14.4. The van der Waals surface area contributed by atoms with Gasteiger partial charge in [0.25, 0.3) is 5.91 Å². The lowest BCUT2D eigenvalue weighted by molar-refractivity contribution is -0.128. The van der Waals surface area contributed by atoms with E-state index in [1.165, 1.54) is 4.90 Å². The normalized spacial score (nSPS) is 16.1. The number of carbonyl (C=O) groups excluding carboxylic acids is 2. The van der Waals surface area contributed by atoms with Crippen LogP contribution in [0.4, 0.5) is 8.78 Å². The molecule has 1 aromatic rings. The molecule has 1 aliphatic rings. The average molecular weight is 338 g/mol. The van der Waals surface area contributed by atoms with Crippen molar-refractivity contribution in [2.75, 3.05) is 13.1 Å². The van der Waals surface area contributed by atoms with Crippen LogP contribution >= 0.6 is 0 Å². The third-order valence-electron chi connectivity index (χ3n) is 4.66. The van der Waals surface area contributed by atoms with Crippen LogP contribution in [0.3, 0.4) is 0 Å². The number of hydrogen-bond acceptors (Lipinski definition) is 2. The first kappa shape index (κ1) is 18.4. The molecule has 24 heavy (non-hydrogen) atoms. The van der Waals surface area contributed by atoms with E-state index in [9.17, 15) is 18.4 Å². The van der Waals surface area contributed by atoms with E-state index in [1.54, 1.807) is 0 Å². The van der Waals surface area contributed by atoms with Crippen molar-refractivity contribution in [1.29, 1.82) is 0 Å². The van der Waals surface area contributed by atoms with Crippen molar-refractivity contribution < 1.29 is 18.4 Å². The van der Waals surface area contributed by atoms with Crippen LogP contribution < -0.4 is 5.32 Å². The number of amides is 2. The Kier molecular flexibility index (Phi) is 5.57. The SMILES string of the molecule is CCC(C)(C)NC(=O)C1CCN(C(=O)c2ccc(F)cc2F)CC1. The number of nitrogens with zero attached hydrogens (tertiary/aromatic N) is 1. The molecule has 1 saturated heterocycles. The van der Waals surface area contributed by atoms with Crippen molar-refractivity contribution in [1.82, 2.24) is 10.2 Å². The minimum Gasteiger partial charge on any atom is -0.351 e. The molecule has 2 amide bonds. The van der Waals surface area contributed by atoms with Gasteiger partial charge in [-0.2, -0.15) is 0 Å². The minimum atomic E-state index is -0.857. The lowest BCUT2D eigenvalue weighted by Crippen LogP contribution is -2.49. The third kappa shape index (κ3) is 4.30. The predicted molar refractivity (Wildman–Crippen MR) is 87.5 cm³/mol. The summed E-state index contributed by atoms with van der Waals surface area (Å²) in [5, 5.41) is 3.02. The molecule has 0 atom stereocenters. The van der Waals surface area contributed by atoms with E-state index >= 15 is 0 Å². The number of carbonyl (C=O) groups is 2. The third-order valence-corrected chi connectivity index (χ3v) is 4.66. The molecule has 6 heteroatoms. The molecule has 0 saturated carbocycles. The van der Waals surface area contributed by atoms with Gasteiger partial charge in [0.1, 0.15) is 11.6 Å². The van der Waals surface area contributed by atoms with Gasteiger partial charge in [-0.1, -0.05) is 6.92 Å². The van der Waals surface area contributed by atoms with Gasteiger partial charge in [-0.25, -0.2) is 8.78 Å². The van der Waals surface area contributed by atoms with Crippen molar-refractivity contribution in [3.05, 3.63) is 35.4 Å². The van der Waals surface area contributed by atoms with E-state index in [4.69, 9.17) is 0 Å². The fourth-order valence-electron chi connectivity index (χ4n) is 2.70. The van der Waals surface area contributed by atoms with Gasteiger partial charge < -0.3 is 10.2 Å². The van der Waals surface area contributed by atoms with Crippen molar-refractivity contribution in [2.24, 2.45) is 5.92 Å². The Labute approximate surface area is 141 Å². The average Bonchev–Trinajstić information content (AvgIpc) is 2.54. The summed E-state index contributed by atoms with van der Waals surface area (Å²) in [5.41, 5.74) is -0.382. The maximum absolute atomic E-state index is 13.7. The monoisotopic (exact) mass is 338 g/mol. The Morgan fingerprint density at radius 3 is 2.42 bits per heavy atom. The summed E-state index contributed by atoms with van der Waals surface area (Å²) in [5.74, 6) is -2.16. The Morgan fingerprint density at radius 1 is 1.25 bits per heavy atom. The van der Waals surface area contributed by atoms with Gasteiger partial charge in [0.2, 0.25) is 5.91 Å². The lowest BCUT2D eigenvalue weighted by atomic mass is 9.93. The molecule has 0 aromatic heterocycles. The smallest absolute Gasteiger partial charge is 0.256 e. The Balaban J connectivity index is 1.95. The van der Waals surface area contributed by atoms with E-state index in [1.807, 2.05) is 20.8 Å². The summed E-state index contributed by atoms with van der Waals surface area (Å²) in [6.07, 6.45) is 1.92. The van der Waals surface area contributed by atoms with Crippen LogP contribution in [0.25, 0.3) is 0 Å². The van der Waals surface area contributed by atoms with E-state index in [-0.39, 0.29) is 22.9 Å². The Morgan fingerprint density at radius 2 is 1.88 bits per heavy atom. The molecular weight excluding hydrogens is 314 g/mol. The van der Waals surface area contributed by atoms with E-state index in [0.29, 0.717) is 32.0 Å². The quantitative estimate of drug-likeness (QED) is 0.917. The molecule has 1 aliphatic heterocycles. The molecule has 1 heterocycles.